The SMILES string of the molecule is Nc1cnc(Oc2ncn(-c3ccccc3)n2)c(Cl)c1. The minimum atomic E-state index is 0.160. The van der Waals surface area contributed by atoms with E-state index in [-0.39, 0.29) is 11.9 Å². The Morgan fingerprint density at radius 2 is 1.95 bits per heavy atom. The van der Waals surface area contributed by atoms with Crippen molar-refractivity contribution in [1.82, 2.24) is 19.7 Å². The maximum atomic E-state index is 5.97. The van der Waals surface area contributed by atoms with Gasteiger partial charge >= 0.3 is 6.01 Å². The fraction of sp³-hybridized carbons (Fsp3) is 0. The van der Waals surface area contributed by atoms with Crippen LogP contribution in [-0.4, -0.2) is 19.7 Å². The molecule has 0 unspecified atom stereocenters. The number of nitrogens with zero attached hydrogens (tertiary/aromatic N) is 4. The third-order valence-corrected chi connectivity index (χ3v) is 2.78. The molecule has 0 aliphatic carbocycles. The molecule has 20 heavy (non-hydrogen) atoms. The highest BCUT2D eigenvalue weighted by atomic mass is 35.5. The molecule has 7 heteroatoms. The Morgan fingerprint density at radius 1 is 1.15 bits per heavy atom. The van der Waals surface area contributed by atoms with Crippen molar-refractivity contribution in [3.63, 3.8) is 0 Å². The van der Waals surface area contributed by atoms with Crippen LogP contribution in [-0.2, 0) is 0 Å². The van der Waals surface area contributed by atoms with Crippen LogP contribution in [0.25, 0.3) is 5.69 Å². The summed E-state index contributed by atoms with van der Waals surface area (Å²) in [4.78, 5) is 8.04. The summed E-state index contributed by atoms with van der Waals surface area (Å²) in [7, 11) is 0. The highest BCUT2D eigenvalue weighted by Gasteiger charge is 2.09. The Kier molecular flexibility index (Phi) is 3.22. The first-order chi connectivity index (χ1) is 9.72. The Bertz CT molecular complexity index is 729. The second-order valence-corrected chi connectivity index (χ2v) is 4.37. The summed E-state index contributed by atoms with van der Waals surface area (Å²) in [5.74, 6) is 0.215. The van der Waals surface area contributed by atoms with Gasteiger partial charge in [0.05, 0.1) is 17.6 Å². The summed E-state index contributed by atoms with van der Waals surface area (Å²) in [6, 6.07) is 11.3. The molecule has 2 heterocycles. The van der Waals surface area contributed by atoms with Crippen molar-refractivity contribution in [3.8, 4) is 17.6 Å². The van der Waals surface area contributed by atoms with Gasteiger partial charge in [0.25, 0.3) is 0 Å². The molecule has 0 radical (unpaired) electrons. The number of hydrogen-bond acceptors (Lipinski definition) is 5. The van der Waals surface area contributed by atoms with Crippen molar-refractivity contribution in [1.29, 1.82) is 0 Å². The van der Waals surface area contributed by atoms with E-state index in [1.807, 2.05) is 30.3 Å². The van der Waals surface area contributed by atoms with Crippen molar-refractivity contribution in [2.45, 2.75) is 0 Å². The first kappa shape index (κ1) is 12.4. The van der Waals surface area contributed by atoms with Crippen LogP contribution in [0.2, 0.25) is 5.02 Å². The molecular formula is C13H10ClN5O. The van der Waals surface area contributed by atoms with Gasteiger partial charge in [-0.25, -0.2) is 9.67 Å². The number of aromatic nitrogens is 4. The molecule has 0 amide bonds. The molecule has 0 fully saturated rings. The lowest BCUT2D eigenvalue weighted by Gasteiger charge is -2.02. The Labute approximate surface area is 119 Å². The van der Waals surface area contributed by atoms with Crippen molar-refractivity contribution in [2.75, 3.05) is 5.73 Å². The molecule has 3 rings (SSSR count). The molecular weight excluding hydrogens is 278 g/mol. The highest BCUT2D eigenvalue weighted by Crippen LogP contribution is 2.26. The monoisotopic (exact) mass is 287 g/mol. The molecule has 0 aliphatic heterocycles. The summed E-state index contributed by atoms with van der Waals surface area (Å²) >= 11 is 5.97. The molecule has 0 atom stereocenters. The van der Waals surface area contributed by atoms with Gasteiger partial charge in [-0.05, 0) is 18.2 Å². The molecule has 0 saturated heterocycles. The second-order valence-electron chi connectivity index (χ2n) is 3.96. The molecule has 2 aromatic heterocycles. The molecule has 100 valence electrons. The van der Waals surface area contributed by atoms with Gasteiger partial charge in [0.15, 0.2) is 0 Å². The molecule has 1 aromatic carbocycles. The fourth-order valence-electron chi connectivity index (χ4n) is 1.60. The highest BCUT2D eigenvalue weighted by molar-refractivity contribution is 6.32. The van der Waals surface area contributed by atoms with Gasteiger partial charge in [0, 0.05) is 0 Å². The molecule has 2 N–H and O–H groups in total. The topological polar surface area (TPSA) is 78.9 Å². The number of halogens is 1. The number of ether oxygens (including phenoxy) is 1. The molecule has 0 bridgehead atoms. The van der Waals surface area contributed by atoms with E-state index >= 15 is 0 Å². The second kappa shape index (κ2) is 5.18. The average Bonchev–Trinajstić information content (AvgIpc) is 2.92. The standard InChI is InChI=1S/C13H10ClN5O/c14-11-6-9(15)7-16-12(11)20-13-17-8-19(18-13)10-4-2-1-3-5-10/h1-8H,15H2. The van der Waals surface area contributed by atoms with Gasteiger partial charge in [-0.3, -0.25) is 0 Å². The van der Waals surface area contributed by atoms with Gasteiger partial charge in [-0.2, -0.15) is 4.98 Å². The number of anilines is 1. The van der Waals surface area contributed by atoms with E-state index in [0.29, 0.717) is 10.7 Å². The van der Waals surface area contributed by atoms with Crippen LogP contribution < -0.4 is 10.5 Å². The average molecular weight is 288 g/mol. The molecule has 3 aromatic rings. The minimum absolute atomic E-state index is 0.160. The molecule has 0 aliphatic rings. The van der Waals surface area contributed by atoms with Gasteiger partial charge in [-0.1, -0.05) is 29.8 Å². The number of rotatable bonds is 3. The van der Waals surface area contributed by atoms with Crippen LogP contribution in [0.15, 0.2) is 48.9 Å². The normalized spacial score (nSPS) is 10.4. The third kappa shape index (κ3) is 2.55. The van der Waals surface area contributed by atoms with Gasteiger partial charge in [0.2, 0.25) is 5.88 Å². The van der Waals surface area contributed by atoms with Crippen LogP contribution in [0.1, 0.15) is 0 Å². The van der Waals surface area contributed by atoms with Gasteiger partial charge < -0.3 is 10.5 Å². The number of benzene rings is 1. The zero-order chi connectivity index (χ0) is 13.9. The zero-order valence-corrected chi connectivity index (χ0v) is 11.0. The first-order valence-electron chi connectivity index (χ1n) is 5.78. The summed E-state index contributed by atoms with van der Waals surface area (Å²) in [5, 5.41) is 4.50. The number of hydrogen-bond donors (Lipinski definition) is 1. The number of nitrogens with two attached hydrogens (primary N) is 1. The van der Waals surface area contributed by atoms with E-state index in [2.05, 4.69) is 15.1 Å². The van der Waals surface area contributed by atoms with E-state index in [9.17, 15) is 0 Å². The lowest BCUT2D eigenvalue weighted by Crippen LogP contribution is -1.96. The minimum Gasteiger partial charge on any atom is -0.402 e. The molecule has 0 spiro atoms. The Hall–Kier alpha value is -2.60. The lowest BCUT2D eigenvalue weighted by atomic mass is 10.3. The van der Waals surface area contributed by atoms with Crippen LogP contribution in [0.4, 0.5) is 5.69 Å². The predicted octanol–water partition coefficient (Wildman–Crippen LogP) is 2.69. The fourth-order valence-corrected chi connectivity index (χ4v) is 1.81. The summed E-state index contributed by atoms with van der Waals surface area (Å²) in [6.45, 7) is 0. The van der Waals surface area contributed by atoms with E-state index < -0.39 is 0 Å². The molecule has 6 nitrogen and oxygen atoms in total. The number of pyridine rings is 1. The van der Waals surface area contributed by atoms with Gasteiger partial charge in [0.1, 0.15) is 11.3 Å². The van der Waals surface area contributed by atoms with Crippen molar-refractivity contribution < 1.29 is 4.74 Å². The van der Waals surface area contributed by atoms with E-state index in [0.717, 1.165) is 5.69 Å². The maximum Gasteiger partial charge on any atom is 0.342 e. The van der Waals surface area contributed by atoms with Crippen molar-refractivity contribution >= 4 is 17.3 Å². The smallest absolute Gasteiger partial charge is 0.342 e. The first-order valence-corrected chi connectivity index (χ1v) is 6.16. The predicted molar refractivity (Wildman–Crippen MR) is 75.1 cm³/mol. The summed E-state index contributed by atoms with van der Waals surface area (Å²) in [5.41, 5.74) is 6.91. The van der Waals surface area contributed by atoms with Crippen LogP contribution in [0.5, 0.6) is 11.9 Å². The summed E-state index contributed by atoms with van der Waals surface area (Å²) < 4.78 is 7.02. The summed E-state index contributed by atoms with van der Waals surface area (Å²) in [6.07, 6.45) is 3.01. The van der Waals surface area contributed by atoms with Crippen LogP contribution >= 0.6 is 11.6 Å². The molecule has 0 saturated carbocycles. The van der Waals surface area contributed by atoms with E-state index in [1.54, 1.807) is 17.1 Å². The van der Waals surface area contributed by atoms with E-state index in [1.165, 1.54) is 6.20 Å². The van der Waals surface area contributed by atoms with Crippen molar-refractivity contribution in [2.24, 2.45) is 0 Å². The lowest BCUT2D eigenvalue weighted by molar-refractivity contribution is 0.425. The number of para-hydroxylation sites is 1. The van der Waals surface area contributed by atoms with Crippen molar-refractivity contribution in [3.05, 3.63) is 53.9 Å². The van der Waals surface area contributed by atoms with Gasteiger partial charge in [-0.15, -0.1) is 5.10 Å². The van der Waals surface area contributed by atoms with Crippen LogP contribution in [0, 0.1) is 0 Å². The Balaban J connectivity index is 1.84. The zero-order valence-electron chi connectivity index (χ0n) is 10.3. The quantitative estimate of drug-likeness (QED) is 0.801. The van der Waals surface area contributed by atoms with E-state index in [4.69, 9.17) is 22.1 Å². The number of nitrogen functional groups attached to an aromatic ring is 1. The Morgan fingerprint density at radius 3 is 2.70 bits per heavy atom. The maximum absolute atomic E-state index is 5.97. The largest absolute Gasteiger partial charge is 0.402 e. The van der Waals surface area contributed by atoms with Crippen LogP contribution in [0.3, 0.4) is 0 Å². The third-order valence-electron chi connectivity index (χ3n) is 2.51.